The minimum absolute atomic E-state index is 0.0556. The normalized spacial score (nSPS) is 27.4. The standard InChI is InChI=1S/C29H32FNO3/c1-29-13-12-23-22-8-7-19(27(32)4-2-3-5-28(33)34)14-18(22)6-9-24(23)26(29)11-10-25(29)20-15-21(30)17-31-16-20/h7-8,10,14-17,23-24,26H,2-6,9,11-13H2,1H3,(H,33,34)/t23-,24-,26+,29-/m1/s1. The van der Waals surface area contributed by atoms with E-state index in [1.807, 2.05) is 6.07 Å². The summed E-state index contributed by atoms with van der Waals surface area (Å²) >= 11 is 0. The predicted molar refractivity (Wildman–Crippen MR) is 129 cm³/mol. The lowest BCUT2D eigenvalue weighted by molar-refractivity contribution is -0.137. The molecule has 3 aliphatic carbocycles. The Bertz CT molecular complexity index is 1160. The number of hydrogen-bond donors (Lipinski definition) is 1. The molecule has 2 aromatic rings. The number of aryl methyl sites for hydroxylation is 1. The molecule has 3 aliphatic rings. The number of carboxylic acid groups (broad SMARTS) is 1. The number of nitrogens with zero attached hydrogens (tertiary/aromatic N) is 1. The van der Waals surface area contributed by atoms with E-state index in [-0.39, 0.29) is 23.4 Å². The maximum absolute atomic E-state index is 13.9. The lowest BCUT2D eigenvalue weighted by atomic mass is 9.54. The Kier molecular flexibility index (Phi) is 6.13. The summed E-state index contributed by atoms with van der Waals surface area (Å²) in [5.74, 6) is 0.682. The summed E-state index contributed by atoms with van der Waals surface area (Å²) in [5.41, 5.74) is 5.71. The van der Waals surface area contributed by atoms with Crippen LogP contribution in [0.2, 0.25) is 0 Å². The van der Waals surface area contributed by atoms with Gasteiger partial charge in [-0.1, -0.05) is 25.1 Å². The second-order valence-corrected chi connectivity index (χ2v) is 10.6. The molecule has 1 saturated carbocycles. The van der Waals surface area contributed by atoms with Gasteiger partial charge in [-0.3, -0.25) is 14.6 Å². The summed E-state index contributed by atoms with van der Waals surface area (Å²) in [4.78, 5) is 27.4. The molecule has 0 saturated heterocycles. The highest BCUT2D eigenvalue weighted by Gasteiger charge is 2.52. The SMILES string of the molecule is C[C@]12CC[C@@H]3c4ccc(C(=O)CCCCC(=O)O)cc4CC[C@H]3[C@@H]1CC=C2c1cncc(F)c1. The number of allylic oxidation sites excluding steroid dienone is 2. The Labute approximate surface area is 200 Å². The first kappa shape index (κ1) is 22.9. The Morgan fingerprint density at radius 3 is 2.76 bits per heavy atom. The highest BCUT2D eigenvalue weighted by molar-refractivity contribution is 5.96. The van der Waals surface area contributed by atoms with Crippen LogP contribution in [0, 0.1) is 23.1 Å². The highest BCUT2D eigenvalue weighted by Crippen LogP contribution is 2.63. The van der Waals surface area contributed by atoms with E-state index in [1.54, 1.807) is 12.3 Å². The van der Waals surface area contributed by atoms with Crippen molar-refractivity contribution in [2.24, 2.45) is 17.3 Å². The van der Waals surface area contributed by atoms with Crippen molar-refractivity contribution in [3.63, 3.8) is 0 Å². The smallest absolute Gasteiger partial charge is 0.303 e. The highest BCUT2D eigenvalue weighted by atomic mass is 19.1. The number of fused-ring (bicyclic) bond motifs is 5. The summed E-state index contributed by atoms with van der Waals surface area (Å²) in [7, 11) is 0. The van der Waals surface area contributed by atoms with Gasteiger partial charge in [-0.2, -0.15) is 0 Å². The number of carboxylic acids is 1. The van der Waals surface area contributed by atoms with Crippen molar-refractivity contribution in [1.29, 1.82) is 0 Å². The first-order chi connectivity index (χ1) is 16.4. The molecular weight excluding hydrogens is 429 g/mol. The van der Waals surface area contributed by atoms with Crippen molar-refractivity contribution in [2.75, 3.05) is 0 Å². The number of aliphatic carboxylic acids is 1. The van der Waals surface area contributed by atoms with E-state index in [0.717, 1.165) is 43.2 Å². The van der Waals surface area contributed by atoms with Crippen LogP contribution in [0.1, 0.15) is 91.3 Å². The summed E-state index contributed by atoms with van der Waals surface area (Å²) in [6.45, 7) is 2.36. The zero-order chi connectivity index (χ0) is 23.9. The number of halogens is 1. The molecule has 178 valence electrons. The maximum Gasteiger partial charge on any atom is 0.303 e. The van der Waals surface area contributed by atoms with Gasteiger partial charge in [0.15, 0.2) is 5.78 Å². The van der Waals surface area contributed by atoms with Crippen LogP contribution >= 0.6 is 0 Å². The molecule has 1 aromatic heterocycles. The van der Waals surface area contributed by atoms with E-state index < -0.39 is 5.97 Å². The van der Waals surface area contributed by atoms with Crippen LogP contribution in [0.4, 0.5) is 4.39 Å². The van der Waals surface area contributed by atoms with Crippen LogP contribution in [0.15, 0.2) is 42.7 Å². The third-order valence-corrected chi connectivity index (χ3v) is 8.69. The van der Waals surface area contributed by atoms with Gasteiger partial charge in [-0.15, -0.1) is 0 Å². The second-order valence-electron chi connectivity index (χ2n) is 10.6. The van der Waals surface area contributed by atoms with Crippen LogP contribution < -0.4 is 0 Å². The monoisotopic (exact) mass is 461 g/mol. The molecule has 0 unspecified atom stereocenters. The van der Waals surface area contributed by atoms with Gasteiger partial charge in [-0.05, 0) is 103 Å². The zero-order valence-electron chi connectivity index (χ0n) is 19.7. The van der Waals surface area contributed by atoms with Crippen LogP contribution in [-0.2, 0) is 11.2 Å². The molecule has 1 N–H and O–H groups in total. The molecule has 0 radical (unpaired) electrons. The third kappa shape index (κ3) is 4.10. The number of benzene rings is 1. The van der Waals surface area contributed by atoms with Gasteiger partial charge >= 0.3 is 5.97 Å². The molecule has 0 bridgehead atoms. The van der Waals surface area contributed by atoms with Crippen molar-refractivity contribution >= 4 is 17.3 Å². The molecular formula is C29H32FNO3. The molecule has 4 nitrogen and oxygen atoms in total. The number of rotatable bonds is 7. The Morgan fingerprint density at radius 1 is 1.15 bits per heavy atom. The van der Waals surface area contributed by atoms with Gasteiger partial charge in [0.05, 0.1) is 6.20 Å². The number of Topliss-reactive ketones (excluding diaryl/α,β-unsaturated/α-hetero) is 1. The molecule has 1 heterocycles. The van der Waals surface area contributed by atoms with Crippen LogP contribution in [0.25, 0.3) is 5.57 Å². The van der Waals surface area contributed by atoms with Gasteiger partial charge in [0.1, 0.15) is 5.82 Å². The number of hydrogen-bond acceptors (Lipinski definition) is 3. The lowest BCUT2D eigenvalue weighted by Crippen LogP contribution is -2.41. The summed E-state index contributed by atoms with van der Waals surface area (Å²) in [6, 6.07) is 7.87. The van der Waals surface area contributed by atoms with Gasteiger partial charge < -0.3 is 5.11 Å². The van der Waals surface area contributed by atoms with E-state index in [1.165, 1.54) is 22.9 Å². The summed E-state index contributed by atoms with van der Waals surface area (Å²) in [6.07, 6.45) is 12.4. The molecule has 34 heavy (non-hydrogen) atoms. The van der Waals surface area contributed by atoms with Crippen LogP contribution in [0.5, 0.6) is 0 Å². The minimum Gasteiger partial charge on any atom is -0.481 e. The number of carbonyl (C=O) groups excluding carboxylic acids is 1. The summed E-state index contributed by atoms with van der Waals surface area (Å²) in [5, 5.41) is 8.77. The van der Waals surface area contributed by atoms with Crippen molar-refractivity contribution in [3.05, 3.63) is 70.8 Å². The van der Waals surface area contributed by atoms with Crippen molar-refractivity contribution < 1.29 is 19.1 Å². The van der Waals surface area contributed by atoms with Gasteiger partial charge in [-0.25, -0.2) is 4.39 Å². The minimum atomic E-state index is -0.809. The van der Waals surface area contributed by atoms with Gasteiger partial charge in [0.25, 0.3) is 0 Å². The molecule has 5 rings (SSSR count). The third-order valence-electron chi connectivity index (χ3n) is 8.69. The fraction of sp³-hybridized carbons (Fsp3) is 0.483. The van der Waals surface area contributed by atoms with Gasteiger partial charge in [0, 0.05) is 24.6 Å². The lowest BCUT2D eigenvalue weighted by Gasteiger charge is -2.50. The van der Waals surface area contributed by atoms with Crippen LogP contribution in [-0.4, -0.2) is 21.8 Å². The Balaban J connectivity index is 1.31. The number of unbranched alkanes of at least 4 members (excludes halogenated alkanes) is 1. The molecule has 1 fully saturated rings. The largest absolute Gasteiger partial charge is 0.481 e. The first-order valence-electron chi connectivity index (χ1n) is 12.6. The van der Waals surface area contributed by atoms with Crippen molar-refractivity contribution in [3.8, 4) is 0 Å². The zero-order valence-corrected chi connectivity index (χ0v) is 19.7. The number of carbonyl (C=O) groups is 2. The summed E-state index contributed by atoms with van der Waals surface area (Å²) < 4.78 is 13.9. The van der Waals surface area contributed by atoms with Crippen LogP contribution in [0.3, 0.4) is 0 Å². The predicted octanol–water partition coefficient (Wildman–Crippen LogP) is 6.60. The second kappa shape index (κ2) is 9.09. The van der Waals surface area contributed by atoms with E-state index in [2.05, 4.69) is 30.1 Å². The maximum atomic E-state index is 13.9. The van der Waals surface area contributed by atoms with E-state index in [9.17, 15) is 14.0 Å². The van der Waals surface area contributed by atoms with Crippen molar-refractivity contribution in [1.82, 2.24) is 4.98 Å². The van der Waals surface area contributed by atoms with E-state index in [0.29, 0.717) is 37.0 Å². The molecule has 0 amide bonds. The number of aromatic nitrogens is 1. The average molecular weight is 462 g/mol. The first-order valence-corrected chi connectivity index (χ1v) is 12.6. The molecule has 4 atom stereocenters. The quantitative estimate of drug-likeness (QED) is 0.373. The van der Waals surface area contributed by atoms with E-state index >= 15 is 0 Å². The molecule has 5 heteroatoms. The average Bonchev–Trinajstić information content (AvgIpc) is 3.18. The molecule has 0 aliphatic heterocycles. The number of ketones is 1. The number of pyridine rings is 1. The Hall–Kier alpha value is -2.82. The fourth-order valence-corrected chi connectivity index (χ4v) is 7.04. The topological polar surface area (TPSA) is 67.3 Å². The molecule has 0 spiro atoms. The fourth-order valence-electron chi connectivity index (χ4n) is 7.04. The van der Waals surface area contributed by atoms with Gasteiger partial charge in [0.2, 0.25) is 0 Å². The molecule has 1 aromatic carbocycles. The van der Waals surface area contributed by atoms with Crippen molar-refractivity contribution in [2.45, 2.75) is 70.6 Å². The van der Waals surface area contributed by atoms with E-state index in [4.69, 9.17) is 5.11 Å². The Morgan fingerprint density at radius 2 is 1.97 bits per heavy atom.